The van der Waals surface area contributed by atoms with Crippen LogP contribution in [0.2, 0.25) is 0 Å². The lowest BCUT2D eigenvalue weighted by Gasteiger charge is -2.47. The van der Waals surface area contributed by atoms with Crippen molar-refractivity contribution in [2.45, 2.75) is 43.9 Å². The average Bonchev–Trinajstić information content (AvgIpc) is 2.97. The van der Waals surface area contributed by atoms with Crippen LogP contribution in [-0.2, 0) is 16.1 Å². The number of rotatable bonds is 4. The number of imide groups is 2. The van der Waals surface area contributed by atoms with Gasteiger partial charge in [-0.05, 0) is 56.0 Å². The molecule has 0 saturated carbocycles. The second-order valence-corrected chi connectivity index (χ2v) is 9.08. The molecule has 9 nitrogen and oxygen atoms in total. The highest BCUT2D eigenvalue weighted by atomic mass is 16.3. The number of hydrogen-bond donors (Lipinski definition) is 3. The lowest BCUT2D eigenvalue weighted by atomic mass is 9.76. The van der Waals surface area contributed by atoms with Crippen molar-refractivity contribution in [2.75, 3.05) is 26.2 Å². The van der Waals surface area contributed by atoms with Gasteiger partial charge in [0.1, 0.15) is 6.04 Å². The monoisotopic (exact) mass is 426 g/mol. The van der Waals surface area contributed by atoms with Crippen LogP contribution in [0.4, 0.5) is 0 Å². The van der Waals surface area contributed by atoms with Crippen molar-refractivity contribution < 1.29 is 24.3 Å². The van der Waals surface area contributed by atoms with Crippen LogP contribution >= 0.6 is 0 Å². The van der Waals surface area contributed by atoms with E-state index < -0.39 is 29.4 Å². The lowest BCUT2D eigenvalue weighted by Crippen LogP contribution is -2.64. The van der Waals surface area contributed by atoms with E-state index in [-0.39, 0.29) is 18.7 Å². The van der Waals surface area contributed by atoms with E-state index in [0.29, 0.717) is 36.7 Å². The molecule has 1 aromatic rings. The summed E-state index contributed by atoms with van der Waals surface area (Å²) in [4.78, 5) is 52.6. The summed E-state index contributed by atoms with van der Waals surface area (Å²) in [7, 11) is 0. The molecule has 31 heavy (non-hydrogen) atoms. The Morgan fingerprint density at radius 1 is 1.00 bits per heavy atom. The summed E-state index contributed by atoms with van der Waals surface area (Å²) in [6.45, 7) is 3.75. The van der Waals surface area contributed by atoms with Crippen LogP contribution in [0, 0.1) is 5.92 Å². The van der Waals surface area contributed by atoms with Gasteiger partial charge in [0.25, 0.3) is 11.8 Å². The van der Waals surface area contributed by atoms with E-state index in [4.69, 9.17) is 0 Å². The number of β-amino-alcohol motifs (C(OH)–C–C–N with tert-alkyl or cyclic N) is 1. The molecule has 4 aliphatic rings. The van der Waals surface area contributed by atoms with Gasteiger partial charge >= 0.3 is 0 Å². The smallest absolute Gasteiger partial charge is 0.262 e. The van der Waals surface area contributed by atoms with E-state index >= 15 is 0 Å². The fraction of sp³-hybridized carbons (Fsp3) is 0.545. The summed E-state index contributed by atoms with van der Waals surface area (Å²) in [5, 5.41) is 15.9. The molecule has 0 spiro atoms. The zero-order chi connectivity index (χ0) is 21.8. The Hall–Kier alpha value is -2.62. The number of aliphatic hydroxyl groups is 1. The van der Waals surface area contributed by atoms with Crippen LogP contribution in [0.15, 0.2) is 18.2 Å². The van der Waals surface area contributed by atoms with Gasteiger partial charge in [0.2, 0.25) is 11.8 Å². The molecule has 4 heterocycles. The van der Waals surface area contributed by atoms with Crippen LogP contribution in [-0.4, -0.2) is 76.4 Å². The predicted molar refractivity (Wildman–Crippen MR) is 109 cm³/mol. The predicted octanol–water partition coefficient (Wildman–Crippen LogP) is -0.366. The second kappa shape index (κ2) is 7.51. The van der Waals surface area contributed by atoms with Crippen molar-refractivity contribution in [3.8, 4) is 0 Å². The van der Waals surface area contributed by atoms with Gasteiger partial charge < -0.3 is 10.4 Å². The lowest BCUT2D eigenvalue weighted by molar-refractivity contribution is -0.136. The molecule has 3 N–H and O–H groups in total. The Kier molecular flexibility index (Phi) is 4.91. The highest BCUT2D eigenvalue weighted by Crippen LogP contribution is 2.32. The number of benzene rings is 1. The van der Waals surface area contributed by atoms with Crippen molar-refractivity contribution >= 4 is 23.6 Å². The molecule has 4 aliphatic heterocycles. The fourth-order valence-electron chi connectivity index (χ4n) is 5.17. The Balaban J connectivity index is 1.26. The molecule has 0 radical (unpaired) electrons. The molecule has 5 rings (SSSR count). The highest BCUT2D eigenvalue weighted by molar-refractivity contribution is 6.23. The summed E-state index contributed by atoms with van der Waals surface area (Å²) < 4.78 is 0. The quantitative estimate of drug-likeness (QED) is 0.562. The normalized spacial score (nSPS) is 26.6. The van der Waals surface area contributed by atoms with E-state index in [1.807, 2.05) is 6.07 Å². The van der Waals surface area contributed by atoms with Crippen molar-refractivity contribution in [2.24, 2.45) is 5.92 Å². The van der Waals surface area contributed by atoms with Gasteiger partial charge in [-0.3, -0.25) is 34.3 Å². The van der Waals surface area contributed by atoms with Crippen molar-refractivity contribution in [3.05, 3.63) is 34.9 Å². The molecule has 0 aromatic heterocycles. The van der Waals surface area contributed by atoms with Gasteiger partial charge in [0, 0.05) is 26.1 Å². The largest absolute Gasteiger partial charge is 0.387 e. The Morgan fingerprint density at radius 3 is 2.35 bits per heavy atom. The standard InChI is InChI=1S/C22H26N4O5/c27-18-4-3-17(19(28)24-18)26-20(29)15-2-1-13(9-16(15)21(26)30)10-25-7-5-14(6-8-25)22(31)11-23-12-22/h1-2,9,14,17,23,31H,3-8,10-12H2,(H,24,27,28). The van der Waals surface area contributed by atoms with E-state index in [1.54, 1.807) is 12.1 Å². The first kappa shape index (κ1) is 20.3. The van der Waals surface area contributed by atoms with E-state index in [0.717, 1.165) is 36.4 Å². The van der Waals surface area contributed by atoms with Crippen LogP contribution in [0.1, 0.15) is 52.0 Å². The fourth-order valence-corrected chi connectivity index (χ4v) is 5.17. The van der Waals surface area contributed by atoms with E-state index in [9.17, 15) is 24.3 Å². The zero-order valence-electron chi connectivity index (χ0n) is 17.2. The van der Waals surface area contributed by atoms with Crippen molar-refractivity contribution in [1.82, 2.24) is 20.4 Å². The first-order valence-corrected chi connectivity index (χ1v) is 10.9. The van der Waals surface area contributed by atoms with Gasteiger partial charge in [0.05, 0.1) is 16.7 Å². The molecule has 164 valence electrons. The number of nitrogens with one attached hydrogen (secondary N) is 2. The van der Waals surface area contributed by atoms with Gasteiger partial charge in [-0.2, -0.15) is 0 Å². The summed E-state index contributed by atoms with van der Waals surface area (Å²) >= 11 is 0. The molecule has 1 unspecified atom stereocenters. The maximum absolute atomic E-state index is 13.0. The maximum Gasteiger partial charge on any atom is 0.262 e. The molecular weight excluding hydrogens is 400 g/mol. The van der Waals surface area contributed by atoms with Crippen LogP contribution in [0.5, 0.6) is 0 Å². The maximum atomic E-state index is 13.0. The van der Waals surface area contributed by atoms with E-state index in [1.165, 1.54) is 0 Å². The zero-order valence-corrected chi connectivity index (χ0v) is 17.2. The van der Waals surface area contributed by atoms with Gasteiger partial charge in [0.15, 0.2) is 0 Å². The summed E-state index contributed by atoms with van der Waals surface area (Å²) in [5.41, 5.74) is 0.993. The number of carbonyl (C=O) groups is 4. The number of hydrogen-bond acceptors (Lipinski definition) is 7. The van der Waals surface area contributed by atoms with Crippen molar-refractivity contribution in [1.29, 1.82) is 0 Å². The number of carbonyl (C=O) groups excluding carboxylic acids is 4. The molecule has 1 aromatic carbocycles. The first-order chi connectivity index (χ1) is 14.9. The second-order valence-electron chi connectivity index (χ2n) is 9.08. The van der Waals surface area contributed by atoms with Gasteiger partial charge in [-0.15, -0.1) is 0 Å². The molecule has 3 saturated heterocycles. The SMILES string of the molecule is O=C1CCC(N2C(=O)c3ccc(CN4CCC(C5(O)CNC5)CC4)cc3C2=O)C(=O)N1. The minimum Gasteiger partial charge on any atom is -0.387 e. The number of amides is 4. The van der Waals surface area contributed by atoms with Gasteiger partial charge in [-0.1, -0.05) is 6.07 Å². The molecule has 3 fully saturated rings. The van der Waals surface area contributed by atoms with Gasteiger partial charge in [-0.25, -0.2) is 0 Å². The molecular formula is C22H26N4O5. The number of piperidine rings is 2. The topological polar surface area (TPSA) is 119 Å². The molecule has 0 bridgehead atoms. The van der Waals surface area contributed by atoms with Crippen LogP contribution < -0.4 is 10.6 Å². The molecule has 9 heteroatoms. The first-order valence-electron chi connectivity index (χ1n) is 10.9. The third kappa shape index (κ3) is 3.46. The van der Waals surface area contributed by atoms with Crippen LogP contribution in [0.25, 0.3) is 0 Å². The molecule has 0 aliphatic carbocycles. The molecule has 4 amide bonds. The average molecular weight is 426 g/mol. The van der Waals surface area contributed by atoms with Crippen molar-refractivity contribution in [3.63, 3.8) is 0 Å². The van der Waals surface area contributed by atoms with Crippen LogP contribution in [0.3, 0.4) is 0 Å². The summed E-state index contributed by atoms with van der Waals surface area (Å²) in [6, 6.07) is 4.32. The summed E-state index contributed by atoms with van der Waals surface area (Å²) in [6.07, 6.45) is 2.13. The summed E-state index contributed by atoms with van der Waals surface area (Å²) in [5.74, 6) is -1.63. The third-order valence-electron chi connectivity index (χ3n) is 7.12. The number of fused-ring (bicyclic) bond motifs is 1. The molecule has 1 atom stereocenters. The minimum atomic E-state index is -0.945. The Bertz CT molecular complexity index is 965. The Morgan fingerprint density at radius 2 is 1.71 bits per heavy atom. The third-order valence-corrected chi connectivity index (χ3v) is 7.12. The Labute approximate surface area is 179 Å². The highest BCUT2D eigenvalue weighted by Gasteiger charge is 2.45. The minimum absolute atomic E-state index is 0.107. The van der Waals surface area contributed by atoms with E-state index in [2.05, 4.69) is 15.5 Å². The number of nitrogens with zero attached hydrogens (tertiary/aromatic N) is 2. The number of likely N-dealkylation sites (tertiary alicyclic amines) is 1.